The molecule has 0 spiro atoms. The summed E-state index contributed by atoms with van der Waals surface area (Å²) in [4.78, 5) is 11.0. The molecule has 0 radical (unpaired) electrons. The zero-order valence-electron chi connectivity index (χ0n) is 9.63. The standard InChI is InChI=1S/C14H16O3/c15-14(16)13-9-2-1-5-11(13)6-3-7-12-8-4-10-17-12/h1-3,5-6,9,12H,4,7-8,10H2,(H,15,16). The van der Waals surface area contributed by atoms with Crippen molar-refractivity contribution >= 4 is 12.0 Å². The fraction of sp³-hybridized carbons (Fsp3) is 0.357. The van der Waals surface area contributed by atoms with Gasteiger partial charge in [-0.2, -0.15) is 0 Å². The minimum Gasteiger partial charge on any atom is -0.478 e. The number of rotatable bonds is 4. The van der Waals surface area contributed by atoms with E-state index in [1.807, 2.05) is 24.3 Å². The van der Waals surface area contributed by atoms with Crippen LogP contribution in [0.3, 0.4) is 0 Å². The van der Waals surface area contributed by atoms with Crippen LogP contribution >= 0.6 is 0 Å². The van der Waals surface area contributed by atoms with Crippen LogP contribution < -0.4 is 0 Å². The van der Waals surface area contributed by atoms with E-state index in [0.717, 1.165) is 31.4 Å². The van der Waals surface area contributed by atoms with Gasteiger partial charge >= 0.3 is 5.97 Å². The zero-order chi connectivity index (χ0) is 12.1. The third-order valence-electron chi connectivity index (χ3n) is 2.91. The van der Waals surface area contributed by atoms with Crippen LogP contribution in [0, 0.1) is 0 Å². The van der Waals surface area contributed by atoms with Crippen LogP contribution in [0.2, 0.25) is 0 Å². The van der Waals surface area contributed by atoms with E-state index in [1.54, 1.807) is 12.1 Å². The summed E-state index contributed by atoms with van der Waals surface area (Å²) in [5.41, 5.74) is 1.09. The summed E-state index contributed by atoms with van der Waals surface area (Å²) in [6.07, 6.45) is 7.26. The van der Waals surface area contributed by atoms with Gasteiger partial charge in [-0.25, -0.2) is 4.79 Å². The number of benzene rings is 1. The number of hydrogen-bond acceptors (Lipinski definition) is 2. The molecule has 1 saturated heterocycles. The van der Waals surface area contributed by atoms with E-state index in [-0.39, 0.29) is 0 Å². The van der Waals surface area contributed by atoms with Crippen molar-refractivity contribution in [1.82, 2.24) is 0 Å². The second-order valence-corrected chi connectivity index (χ2v) is 4.17. The molecule has 3 heteroatoms. The van der Waals surface area contributed by atoms with Gasteiger partial charge in [0.1, 0.15) is 0 Å². The molecular weight excluding hydrogens is 216 g/mol. The van der Waals surface area contributed by atoms with E-state index in [2.05, 4.69) is 0 Å². The lowest BCUT2D eigenvalue weighted by Crippen LogP contribution is -2.02. The second kappa shape index (κ2) is 5.64. The molecule has 1 aromatic rings. The van der Waals surface area contributed by atoms with Gasteiger partial charge in [-0.3, -0.25) is 0 Å². The van der Waals surface area contributed by atoms with Crippen LogP contribution in [-0.4, -0.2) is 23.8 Å². The molecule has 1 unspecified atom stereocenters. The van der Waals surface area contributed by atoms with Crippen molar-refractivity contribution in [3.05, 3.63) is 41.5 Å². The van der Waals surface area contributed by atoms with Crippen molar-refractivity contribution in [3.8, 4) is 0 Å². The van der Waals surface area contributed by atoms with Gasteiger partial charge in [0.25, 0.3) is 0 Å². The van der Waals surface area contributed by atoms with Gasteiger partial charge in [0.05, 0.1) is 11.7 Å². The van der Waals surface area contributed by atoms with E-state index in [0.29, 0.717) is 11.7 Å². The summed E-state index contributed by atoms with van der Waals surface area (Å²) < 4.78 is 5.50. The van der Waals surface area contributed by atoms with Crippen LogP contribution in [0.25, 0.3) is 6.08 Å². The Kier molecular flexibility index (Phi) is 3.94. The van der Waals surface area contributed by atoms with Crippen LogP contribution in [0.4, 0.5) is 0 Å². The highest BCUT2D eigenvalue weighted by atomic mass is 16.5. The Morgan fingerprint density at radius 2 is 2.29 bits per heavy atom. The molecule has 1 atom stereocenters. The lowest BCUT2D eigenvalue weighted by Gasteiger charge is -2.05. The monoisotopic (exact) mass is 232 g/mol. The Bertz CT molecular complexity index is 417. The summed E-state index contributed by atoms with van der Waals surface area (Å²) in [6.45, 7) is 0.851. The van der Waals surface area contributed by atoms with Crippen molar-refractivity contribution in [2.24, 2.45) is 0 Å². The first kappa shape index (κ1) is 11.9. The van der Waals surface area contributed by atoms with E-state index in [9.17, 15) is 4.79 Å². The third kappa shape index (κ3) is 3.17. The third-order valence-corrected chi connectivity index (χ3v) is 2.91. The first-order valence-corrected chi connectivity index (χ1v) is 5.88. The number of carboxylic acid groups (broad SMARTS) is 1. The van der Waals surface area contributed by atoms with Crippen molar-refractivity contribution < 1.29 is 14.6 Å². The van der Waals surface area contributed by atoms with Crippen molar-refractivity contribution in [1.29, 1.82) is 0 Å². The number of carbonyl (C=O) groups is 1. The van der Waals surface area contributed by atoms with Crippen molar-refractivity contribution in [2.75, 3.05) is 6.61 Å². The topological polar surface area (TPSA) is 46.5 Å². The fourth-order valence-corrected chi connectivity index (χ4v) is 2.01. The average Bonchev–Trinajstić information content (AvgIpc) is 2.82. The number of hydrogen-bond donors (Lipinski definition) is 1. The smallest absolute Gasteiger partial charge is 0.336 e. The molecule has 0 amide bonds. The maximum absolute atomic E-state index is 11.0. The van der Waals surface area contributed by atoms with Gasteiger partial charge in [-0.15, -0.1) is 0 Å². The lowest BCUT2D eigenvalue weighted by atomic mass is 10.1. The van der Waals surface area contributed by atoms with Gasteiger partial charge in [0.15, 0.2) is 0 Å². The zero-order valence-corrected chi connectivity index (χ0v) is 9.63. The van der Waals surface area contributed by atoms with E-state index in [1.165, 1.54) is 0 Å². The molecule has 1 aliphatic heterocycles. The SMILES string of the molecule is O=C(O)c1ccccc1C=CCC1CCCO1. The maximum atomic E-state index is 11.0. The van der Waals surface area contributed by atoms with Crippen LogP contribution in [0.15, 0.2) is 30.3 Å². The summed E-state index contributed by atoms with van der Waals surface area (Å²) in [6, 6.07) is 7.02. The molecule has 2 rings (SSSR count). The Hall–Kier alpha value is -1.61. The average molecular weight is 232 g/mol. The van der Waals surface area contributed by atoms with Crippen LogP contribution in [0.5, 0.6) is 0 Å². The molecular formula is C14H16O3. The van der Waals surface area contributed by atoms with E-state index < -0.39 is 5.97 Å². The molecule has 1 N–H and O–H groups in total. The van der Waals surface area contributed by atoms with Gasteiger partial charge in [-0.1, -0.05) is 30.4 Å². The molecule has 3 nitrogen and oxygen atoms in total. The Morgan fingerprint density at radius 3 is 3.00 bits per heavy atom. The maximum Gasteiger partial charge on any atom is 0.336 e. The molecule has 0 aromatic heterocycles. The molecule has 1 aliphatic rings. The first-order chi connectivity index (χ1) is 8.27. The van der Waals surface area contributed by atoms with Crippen molar-refractivity contribution in [3.63, 3.8) is 0 Å². The minimum atomic E-state index is -0.887. The number of aromatic carboxylic acids is 1. The molecule has 0 aliphatic carbocycles. The van der Waals surface area contributed by atoms with Crippen LogP contribution in [0.1, 0.15) is 35.2 Å². The molecule has 17 heavy (non-hydrogen) atoms. The number of carboxylic acids is 1. The highest BCUT2D eigenvalue weighted by Gasteiger charge is 2.13. The van der Waals surface area contributed by atoms with Gasteiger partial charge in [0, 0.05) is 6.61 Å². The van der Waals surface area contributed by atoms with Gasteiger partial charge in [-0.05, 0) is 30.9 Å². The Labute approximate surface area is 101 Å². The summed E-state index contributed by atoms with van der Waals surface area (Å²) in [7, 11) is 0. The van der Waals surface area contributed by atoms with Gasteiger partial charge in [0.2, 0.25) is 0 Å². The molecule has 1 aromatic carbocycles. The molecule has 1 heterocycles. The molecule has 90 valence electrons. The normalized spacial score (nSPS) is 19.9. The molecule has 0 bridgehead atoms. The lowest BCUT2D eigenvalue weighted by molar-refractivity contribution is 0.0696. The largest absolute Gasteiger partial charge is 0.478 e. The quantitative estimate of drug-likeness (QED) is 0.868. The van der Waals surface area contributed by atoms with E-state index >= 15 is 0 Å². The summed E-state index contributed by atoms with van der Waals surface area (Å²) >= 11 is 0. The van der Waals surface area contributed by atoms with E-state index in [4.69, 9.17) is 9.84 Å². The minimum absolute atomic E-state index is 0.309. The molecule has 0 saturated carbocycles. The second-order valence-electron chi connectivity index (χ2n) is 4.17. The Morgan fingerprint density at radius 1 is 1.47 bits per heavy atom. The highest BCUT2D eigenvalue weighted by molar-refractivity contribution is 5.92. The van der Waals surface area contributed by atoms with Gasteiger partial charge < -0.3 is 9.84 Å². The van der Waals surface area contributed by atoms with Crippen molar-refractivity contribution in [2.45, 2.75) is 25.4 Å². The predicted octanol–water partition coefficient (Wildman–Crippen LogP) is 2.97. The number of ether oxygens (including phenoxy) is 1. The predicted molar refractivity (Wildman–Crippen MR) is 66.0 cm³/mol. The first-order valence-electron chi connectivity index (χ1n) is 5.88. The summed E-state index contributed by atoms with van der Waals surface area (Å²) in [5, 5.41) is 9.02. The fourth-order valence-electron chi connectivity index (χ4n) is 2.01. The summed E-state index contributed by atoms with van der Waals surface area (Å²) in [5.74, 6) is -0.887. The highest BCUT2D eigenvalue weighted by Crippen LogP contribution is 2.17. The van der Waals surface area contributed by atoms with Crippen LogP contribution in [-0.2, 0) is 4.74 Å². The molecule has 1 fully saturated rings. The Balaban J connectivity index is 2.02.